The fourth-order valence-corrected chi connectivity index (χ4v) is 1.47. The Kier molecular flexibility index (Phi) is 3.57. The maximum Gasteiger partial charge on any atom is 0.242 e. The van der Waals surface area contributed by atoms with Gasteiger partial charge in [0.15, 0.2) is 5.82 Å². The molecule has 0 fully saturated rings. The zero-order valence-electron chi connectivity index (χ0n) is 9.85. The molecule has 0 aliphatic rings. The first kappa shape index (κ1) is 12.1. The number of nitrogens with two attached hydrogens (primary N) is 1. The molecule has 1 heterocycles. The zero-order valence-corrected chi connectivity index (χ0v) is 9.85. The third-order valence-electron chi connectivity index (χ3n) is 2.41. The van der Waals surface area contributed by atoms with Crippen LogP contribution >= 0.6 is 0 Å². The quantitative estimate of drug-likeness (QED) is 0.863. The fourth-order valence-electron chi connectivity index (χ4n) is 1.47. The molecule has 1 aromatic heterocycles. The topological polar surface area (TPSA) is 73.1 Å². The van der Waals surface area contributed by atoms with E-state index in [0.717, 1.165) is 5.56 Å². The van der Waals surface area contributed by atoms with E-state index in [-0.39, 0.29) is 5.82 Å². The lowest BCUT2D eigenvalue weighted by Gasteiger charge is -2.10. The van der Waals surface area contributed by atoms with Gasteiger partial charge in [0.2, 0.25) is 5.88 Å². The van der Waals surface area contributed by atoms with E-state index < -0.39 is 0 Å². The first-order valence-corrected chi connectivity index (χ1v) is 5.33. The second-order valence-corrected chi connectivity index (χ2v) is 3.63. The average molecular weight is 248 g/mol. The summed E-state index contributed by atoms with van der Waals surface area (Å²) in [6.45, 7) is 0.491. The van der Waals surface area contributed by atoms with Gasteiger partial charge in [-0.25, -0.2) is 9.37 Å². The molecule has 18 heavy (non-hydrogen) atoms. The highest BCUT2D eigenvalue weighted by atomic mass is 19.1. The molecule has 5 nitrogen and oxygen atoms in total. The highest BCUT2D eigenvalue weighted by Gasteiger charge is 2.07. The maximum absolute atomic E-state index is 12.7. The van der Waals surface area contributed by atoms with E-state index in [1.54, 1.807) is 12.1 Å². The first-order chi connectivity index (χ1) is 8.70. The summed E-state index contributed by atoms with van der Waals surface area (Å²) in [5.74, 6) is 0.555. The number of methoxy groups -OCH3 is 1. The van der Waals surface area contributed by atoms with Gasteiger partial charge < -0.3 is 15.8 Å². The minimum absolute atomic E-state index is 0.262. The Balaban J connectivity index is 2.08. The van der Waals surface area contributed by atoms with Crippen LogP contribution in [0.1, 0.15) is 5.56 Å². The molecule has 0 saturated heterocycles. The van der Waals surface area contributed by atoms with Gasteiger partial charge in [-0.2, -0.15) is 4.98 Å². The van der Waals surface area contributed by atoms with Crippen LogP contribution in [0, 0.1) is 5.82 Å². The van der Waals surface area contributed by atoms with Crippen molar-refractivity contribution in [3.63, 3.8) is 0 Å². The molecular formula is C12H13FN4O. The Hall–Kier alpha value is -2.37. The number of ether oxygens (including phenoxy) is 1. The van der Waals surface area contributed by atoms with Gasteiger partial charge in [-0.05, 0) is 17.7 Å². The number of nitrogens with one attached hydrogen (secondary N) is 1. The number of aromatic nitrogens is 2. The standard InChI is InChI=1S/C12H13FN4O/c1-18-12-10(14)11(16-7-17-12)15-6-8-2-4-9(13)5-3-8/h2-5,7H,6,14H2,1H3,(H,15,16,17). The molecule has 0 bridgehead atoms. The molecule has 3 N–H and O–H groups in total. The van der Waals surface area contributed by atoms with Crippen molar-refractivity contribution in [2.75, 3.05) is 18.2 Å². The van der Waals surface area contributed by atoms with Crippen molar-refractivity contribution in [1.82, 2.24) is 9.97 Å². The van der Waals surface area contributed by atoms with Crippen molar-refractivity contribution in [3.05, 3.63) is 42.0 Å². The third-order valence-corrected chi connectivity index (χ3v) is 2.41. The molecule has 0 aliphatic heterocycles. The van der Waals surface area contributed by atoms with Crippen LogP contribution in [0.5, 0.6) is 5.88 Å². The van der Waals surface area contributed by atoms with Gasteiger partial charge in [-0.3, -0.25) is 0 Å². The van der Waals surface area contributed by atoms with Crippen LogP contribution in [0.3, 0.4) is 0 Å². The molecule has 1 aromatic carbocycles. The van der Waals surface area contributed by atoms with E-state index in [1.165, 1.54) is 25.6 Å². The highest BCUT2D eigenvalue weighted by Crippen LogP contribution is 2.24. The van der Waals surface area contributed by atoms with E-state index in [1.807, 2.05) is 0 Å². The molecule has 0 saturated carbocycles. The summed E-state index contributed by atoms with van der Waals surface area (Å²) in [5.41, 5.74) is 7.08. The summed E-state index contributed by atoms with van der Waals surface area (Å²) in [6.07, 6.45) is 1.36. The molecule has 6 heteroatoms. The molecule has 0 radical (unpaired) electrons. The average Bonchev–Trinajstić information content (AvgIpc) is 2.39. The lowest BCUT2D eigenvalue weighted by molar-refractivity contribution is 0.399. The van der Waals surface area contributed by atoms with Crippen LogP contribution in [-0.2, 0) is 6.54 Å². The van der Waals surface area contributed by atoms with E-state index in [2.05, 4.69) is 15.3 Å². The largest absolute Gasteiger partial charge is 0.479 e. The van der Waals surface area contributed by atoms with Crippen molar-refractivity contribution >= 4 is 11.5 Å². The summed E-state index contributed by atoms with van der Waals surface area (Å²) in [7, 11) is 1.49. The number of benzene rings is 1. The molecule has 2 rings (SSSR count). The number of nitrogens with zero attached hydrogens (tertiary/aromatic N) is 2. The number of hydrogen-bond donors (Lipinski definition) is 2. The number of hydrogen-bond acceptors (Lipinski definition) is 5. The maximum atomic E-state index is 12.7. The van der Waals surface area contributed by atoms with E-state index in [0.29, 0.717) is 23.9 Å². The minimum atomic E-state index is -0.262. The predicted octanol–water partition coefficient (Wildman–Crippen LogP) is 1.82. The van der Waals surface area contributed by atoms with Crippen LogP contribution in [0.4, 0.5) is 15.9 Å². The Labute approximate surface area is 104 Å². The molecule has 2 aromatic rings. The molecular weight excluding hydrogens is 235 g/mol. The van der Waals surface area contributed by atoms with Crippen LogP contribution < -0.4 is 15.8 Å². The Bertz CT molecular complexity index is 530. The van der Waals surface area contributed by atoms with Gasteiger partial charge in [0.25, 0.3) is 0 Å². The summed E-state index contributed by atoms with van der Waals surface area (Å²) < 4.78 is 17.7. The molecule has 94 valence electrons. The second-order valence-electron chi connectivity index (χ2n) is 3.63. The summed E-state index contributed by atoms with van der Waals surface area (Å²) in [6, 6.07) is 6.19. The van der Waals surface area contributed by atoms with Crippen molar-refractivity contribution in [2.24, 2.45) is 0 Å². The van der Waals surface area contributed by atoms with Gasteiger partial charge in [0.05, 0.1) is 7.11 Å². The summed E-state index contributed by atoms with van der Waals surface area (Å²) in [5, 5.41) is 3.04. The summed E-state index contributed by atoms with van der Waals surface area (Å²) >= 11 is 0. The lowest BCUT2D eigenvalue weighted by Crippen LogP contribution is -2.06. The van der Waals surface area contributed by atoms with E-state index in [9.17, 15) is 4.39 Å². The SMILES string of the molecule is COc1ncnc(NCc2ccc(F)cc2)c1N. The molecule has 0 spiro atoms. The molecule has 0 aliphatic carbocycles. The number of nitrogen functional groups attached to an aromatic ring is 1. The second kappa shape index (κ2) is 5.31. The fraction of sp³-hybridized carbons (Fsp3) is 0.167. The van der Waals surface area contributed by atoms with E-state index >= 15 is 0 Å². The number of anilines is 2. The van der Waals surface area contributed by atoms with Crippen LogP contribution in [0.25, 0.3) is 0 Å². The number of halogens is 1. The van der Waals surface area contributed by atoms with E-state index in [4.69, 9.17) is 10.5 Å². The first-order valence-electron chi connectivity index (χ1n) is 5.33. The Morgan fingerprint density at radius 2 is 2.00 bits per heavy atom. The predicted molar refractivity (Wildman–Crippen MR) is 66.7 cm³/mol. The minimum Gasteiger partial charge on any atom is -0.479 e. The van der Waals surface area contributed by atoms with Gasteiger partial charge in [0, 0.05) is 6.54 Å². The lowest BCUT2D eigenvalue weighted by atomic mass is 10.2. The van der Waals surface area contributed by atoms with Crippen molar-refractivity contribution in [1.29, 1.82) is 0 Å². The van der Waals surface area contributed by atoms with Gasteiger partial charge in [-0.1, -0.05) is 12.1 Å². The Morgan fingerprint density at radius 1 is 1.28 bits per heavy atom. The Morgan fingerprint density at radius 3 is 2.67 bits per heavy atom. The van der Waals surface area contributed by atoms with Crippen molar-refractivity contribution in [2.45, 2.75) is 6.54 Å². The monoisotopic (exact) mass is 248 g/mol. The zero-order chi connectivity index (χ0) is 13.0. The molecule has 0 unspecified atom stereocenters. The third kappa shape index (κ3) is 2.65. The molecule has 0 atom stereocenters. The van der Waals surface area contributed by atoms with Crippen molar-refractivity contribution in [3.8, 4) is 5.88 Å². The van der Waals surface area contributed by atoms with Gasteiger partial charge in [-0.15, -0.1) is 0 Å². The number of rotatable bonds is 4. The smallest absolute Gasteiger partial charge is 0.242 e. The molecule has 0 amide bonds. The van der Waals surface area contributed by atoms with Crippen LogP contribution in [-0.4, -0.2) is 17.1 Å². The highest BCUT2D eigenvalue weighted by molar-refractivity contribution is 5.66. The van der Waals surface area contributed by atoms with Crippen LogP contribution in [0.2, 0.25) is 0 Å². The summed E-state index contributed by atoms with van der Waals surface area (Å²) in [4.78, 5) is 7.89. The normalized spacial score (nSPS) is 10.1. The van der Waals surface area contributed by atoms with Crippen LogP contribution in [0.15, 0.2) is 30.6 Å². The van der Waals surface area contributed by atoms with Gasteiger partial charge in [0.1, 0.15) is 17.8 Å². The van der Waals surface area contributed by atoms with Crippen molar-refractivity contribution < 1.29 is 9.13 Å². The van der Waals surface area contributed by atoms with Gasteiger partial charge >= 0.3 is 0 Å².